The lowest BCUT2D eigenvalue weighted by atomic mass is 10.3. The maximum absolute atomic E-state index is 6.29. The van der Waals surface area contributed by atoms with Gasteiger partial charge in [0.2, 0.25) is 0 Å². The highest BCUT2D eigenvalue weighted by molar-refractivity contribution is 6.67. The summed E-state index contributed by atoms with van der Waals surface area (Å²) in [5.41, 5.74) is 0. The maximum Gasteiger partial charge on any atom is 0.337 e. The number of hydrogen-bond donors (Lipinski definition) is 0. The van der Waals surface area contributed by atoms with Crippen molar-refractivity contribution in [3.05, 3.63) is 0 Å². The van der Waals surface area contributed by atoms with E-state index in [2.05, 4.69) is 27.7 Å². The lowest BCUT2D eigenvalue weighted by Crippen LogP contribution is -2.42. The van der Waals surface area contributed by atoms with Crippen molar-refractivity contribution in [2.45, 2.75) is 84.1 Å². The van der Waals surface area contributed by atoms with E-state index < -0.39 is 8.56 Å². The van der Waals surface area contributed by atoms with Crippen LogP contribution < -0.4 is 0 Å². The van der Waals surface area contributed by atoms with E-state index in [1.807, 2.05) is 0 Å². The van der Waals surface area contributed by atoms with Crippen molar-refractivity contribution in [2.75, 3.05) is 26.4 Å². The van der Waals surface area contributed by atoms with E-state index in [4.69, 9.17) is 18.3 Å². The molecule has 1 aliphatic rings. The zero-order valence-electron chi connectivity index (χ0n) is 15.1. The summed E-state index contributed by atoms with van der Waals surface area (Å²) in [7, 11) is -2.06. The molecule has 1 heterocycles. The van der Waals surface area contributed by atoms with Gasteiger partial charge in [-0.25, -0.2) is 0 Å². The van der Waals surface area contributed by atoms with E-state index in [0.29, 0.717) is 6.10 Å². The van der Waals surface area contributed by atoms with E-state index in [-0.39, 0.29) is 6.10 Å². The zero-order chi connectivity index (χ0) is 16.3. The fraction of sp³-hybridized carbons (Fsp3) is 1.00. The SMILES string of the molecule is CCCCO[Si](CC)(CCC(C)OCC1CO1)OCCCC. The molecule has 0 aromatic rings. The summed E-state index contributed by atoms with van der Waals surface area (Å²) < 4.78 is 23.6. The lowest BCUT2D eigenvalue weighted by molar-refractivity contribution is 0.0493. The van der Waals surface area contributed by atoms with E-state index in [0.717, 1.165) is 57.8 Å². The first-order valence-corrected chi connectivity index (χ1v) is 11.4. The molecule has 1 fully saturated rings. The van der Waals surface area contributed by atoms with Crippen LogP contribution in [0.5, 0.6) is 0 Å². The molecule has 22 heavy (non-hydrogen) atoms. The van der Waals surface area contributed by atoms with E-state index in [1.54, 1.807) is 0 Å². The molecule has 2 unspecified atom stereocenters. The summed E-state index contributed by atoms with van der Waals surface area (Å²) >= 11 is 0. The molecule has 1 saturated heterocycles. The molecule has 5 heteroatoms. The second kappa shape index (κ2) is 11.6. The first-order valence-electron chi connectivity index (χ1n) is 9.16. The van der Waals surface area contributed by atoms with Crippen molar-refractivity contribution in [3.8, 4) is 0 Å². The fourth-order valence-corrected chi connectivity index (χ4v) is 5.33. The summed E-state index contributed by atoms with van der Waals surface area (Å²) in [5, 5.41) is 0. The number of epoxide rings is 1. The summed E-state index contributed by atoms with van der Waals surface area (Å²) in [4.78, 5) is 0. The molecule has 0 saturated carbocycles. The minimum absolute atomic E-state index is 0.257. The highest BCUT2D eigenvalue weighted by atomic mass is 28.4. The molecule has 4 nitrogen and oxygen atoms in total. The minimum atomic E-state index is -2.06. The van der Waals surface area contributed by atoms with Crippen molar-refractivity contribution in [1.29, 1.82) is 0 Å². The van der Waals surface area contributed by atoms with Gasteiger partial charge in [0, 0.05) is 13.2 Å². The lowest BCUT2D eigenvalue weighted by Gasteiger charge is -2.31. The molecule has 2 atom stereocenters. The average molecular weight is 333 g/mol. The number of unbranched alkanes of at least 4 members (excludes halogenated alkanes) is 2. The molecule has 0 N–H and O–H groups in total. The number of rotatable bonds is 15. The van der Waals surface area contributed by atoms with Crippen LogP contribution in [0.15, 0.2) is 0 Å². The van der Waals surface area contributed by atoms with Crippen molar-refractivity contribution in [1.82, 2.24) is 0 Å². The Morgan fingerprint density at radius 3 is 2.14 bits per heavy atom. The Balaban J connectivity index is 2.38. The van der Waals surface area contributed by atoms with Gasteiger partial charge in [-0.1, -0.05) is 33.6 Å². The topological polar surface area (TPSA) is 40.2 Å². The molecule has 0 aliphatic carbocycles. The molecular weight excluding hydrogens is 296 g/mol. The van der Waals surface area contributed by atoms with Gasteiger partial charge in [0.05, 0.1) is 19.3 Å². The van der Waals surface area contributed by atoms with Crippen LogP contribution in [-0.2, 0) is 18.3 Å². The van der Waals surface area contributed by atoms with E-state index in [9.17, 15) is 0 Å². The van der Waals surface area contributed by atoms with Gasteiger partial charge < -0.3 is 18.3 Å². The number of hydrogen-bond acceptors (Lipinski definition) is 4. The second-order valence-corrected chi connectivity index (χ2v) is 9.91. The third-order valence-electron chi connectivity index (χ3n) is 4.17. The zero-order valence-corrected chi connectivity index (χ0v) is 16.1. The van der Waals surface area contributed by atoms with Crippen molar-refractivity contribution in [3.63, 3.8) is 0 Å². The Morgan fingerprint density at radius 1 is 1.09 bits per heavy atom. The van der Waals surface area contributed by atoms with E-state index >= 15 is 0 Å². The highest BCUT2D eigenvalue weighted by Gasteiger charge is 2.36. The van der Waals surface area contributed by atoms with Crippen LogP contribution in [0.25, 0.3) is 0 Å². The molecular formula is C17H36O4Si. The van der Waals surface area contributed by atoms with Gasteiger partial charge >= 0.3 is 8.56 Å². The summed E-state index contributed by atoms with van der Waals surface area (Å²) in [6, 6.07) is 2.06. The Bertz CT molecular complexity index is 261. The van der Waals surface area contributed by atoms with E-state index in [1.165, 1.54) is 12.8 Å². The van der Waals surface area contributed by atoms with Crippen molar-refractivity contribution < 1.29 is 18.3 Å². The normalized spacial score (nSPS) is 19.4. The van der Waals surface area contributed by atoms with Crippen LogP contribution >= 0.6 is 0 Å². The third-order valence-corrected chi connectivity index (χ3v) is 7.75. The maximum atomic E-state index is 6.29. The Labute approximate surface area is 138 Å². The molecule has 0 amide bonds. The Kier molecular flexibility index (Phi) is 10.6. The van der Waals surface area contributed by atoms with Gasteiger partial charge in [-0.2, -0.15) is 0 Å². The minimum Gasteiger partial charge on any atom is -0.394 e. The van der Waals surface area contributed by atoms with Crippen molar-refractivity contribution >= 4 is 8.56 Å². The van der Waals surface area contributed by atoms with Crippen LogP contribution in [0.4, 0.5) is 0 Å². The molecule has 0 spiro atoms. The van der Waals surface area contributed by atoms with Crippen LogP contribution in [-0.4, -0.2) is 47.2 Å². The molecule has 0 aromatic heterocycles. The van der Waals surface area contributed by atoms with Crippen LogP contribution in [0.2, 0.25) is 12.1 Å². The molecule has 0 radical (unpaired) electrons. The molecule has 0 bridgehead atoms. The van der Waals surface area contributed by atoms with Gasteiger partial charge in [0.1, 0.15) is 6.10 Å². The quantitative estimate of drug-likeness (QED) is 0.255. The predicted octanol–water partition coefficient (Wildman–Crippen LogP) is 4.28. The van der Waals surface area contributed by atoms with Gasteiger partial charge in [-0.05, 0) is 38.3 Å². The van der Waals surface area contributed by atoms with Gasteiger partial charge in [-0.3, -0.25) is 0 Å². The van der Waals surface area contributed by atoms with Gasteiger partial charge in [-0.15, -0.1) is 0 Å². The largest absolute Gasteiger partial charge is 0.394 e. The van der Waals surface area contributed by atoms with Crippen LogP contribution in [0, 0.1) is 0 Å². The van der Waals surface area contributed by atoms with Gasteiger partial charge in [0.25, 0.3) is 0 Å². The smallest absolute Gasteiger partial charge is 0.337 e. The van der Waals surface area contributed by atoms with Gasteiger partial charge in [0.15, 0.2) is 0 Å². The Hall–Kier alpha value is 0.0569. The summed E-state index contributed by atoms with van der Waals surface area (Å²) in [6.45, 7) is 12.0. The highest BCUT2D eigenvalue weighted by Crippen LogP contribution is 2.24. The first-order chi connectivity index (χ1) is 10.7. The average Bonchev–Trinajstić information content (AvgIpc) is 3.35. The fourth-order valence-electron chi connectivity index (χ4n) is 2.31. The molecule has 1 aliphatic heterocycles. The third kappa shape index (κ3) is 8.63. The predicted molar refractivity (Wildman–Crippen MR) is 92.5 cm³/mol. The number of ether oxygens (including phenoxy) is 2. The standard InChI is InChI=1S/C17H36O4Si/c1-5-8-11-20-22(7-3,21-12-9-6-2)13-10-16(4)18-14-17-15-19-17/h16-17H,5-15H2,1-4H3. The van der Waals surface area contributed by atoms with Crippen LogP contribution in [0.3, 0.4) is 0 Å². The van der Waals surface area contributed by atoms with Crippen LogP contribution in [0.1, 0.15) is 59.8 Å². The summed E-state index contributed by atoms with van der Waals surface area (Å²) in [5.74, 6) is 0. The summed E-state index contributed by atoms with van der Waals surface area (Å²) in [6.07, 6.45) is 6.21. The molecule has 132 valence electrons. The first kappa shape index (κ1) is 20.1. The second-order valence-electron chi connectivity index (χ2n) is 6.31. The molecule has 0 aromatic carbocycles. The van der Waals surface area contributed by atoms with Crippen molar-refractivity contribution in [2.24, 2.45) is 0 Å². The molecule has 1 rings (SSSR count). The monoisotopic (exact) mass is 332 g/mol. The Morgan fingerprint density at radius 2 is 1.68 bits per heavy atom.